The van der Waals surface area contributed by atoms with Gasteiger partial charge in [0, 0.05) is 0 Å². The van der Waals surface area contributed by atoms with Gasteiger partial charge < -0.3 is 9.84 Å². The van der Waals surface area contributed by atoms with Crippen molar-refractivity contribution in [2.75, 3.05) is 7.11 Å². The van der Waals surface area contributed by atoms with Crippen LogP contribution in [0.15, 0.2) is 12.1 Å². The van der Waals surface area contributed by atoms with Crippen molar-refractivity contribution in [1.82, 2.24) is 0 Å². The first-order valence-corrected chi connectivity index (χ1v) is 4.40. The van der Waals surface area contributed by atoms with Crippen molar-refractivity contribution in [2.45, 2.75) is 20.3 Å². The quantitative estimate of drug-likeness (QED) is 0.799. The largest absolute Gasteiger partial charge is 0.497 e. The zero-order chi connectivity index (χ0) is 10.7. The van der Waals surface area contributed by atoms with E-state index in [9.17, 15) is 4.79 Å². The maximum absolute atomic E-state index is 10.6. The summed E-state index contributed by atoms with van der Waals surface area (Å²) < 4.78 is 5.09. The molecule has 0 bridgehead atoms. The minimum absolute atomic E-state index is 0.0711. The van der Waals surface area contributed by atoms with Crippen molar-refractivity contribution in [3.8, 4) is 5.75 Å². The number of hydrogen-bond acceptors (Lipinski definition) is 2. The lowest BCUT2D eigenvalue weighted by molar-refractivity contribution is -0.136. The molecule has 0 spiro atoms. The molecule has 0 atom stereocenters. The Bertz CT molecular complexity index is 333. The number of aryl methyl sites for hydroxylation is 2. The van der Waals surface area contributed by atoms with E-state index in [1.54, 1.807) is 7.11 Å². The number of ether oxygens (including phenoxy) is 1. The maximum atomic E-state index is 10.6. The molecule has 0 saturated heterocycles. The van der Waals surface area contributed by atoms with Gasteiger partial charge in [0.2, 0.25) is 0 Å². The van der Waals surface area contributed by atoms with Gasteiger partial charge in [0.25, 0.3) is 0 Å². The third-order valence-electron chi connectivity index (χ3n) is 2.23. The number of carboxylic acids is 1. The second kappa shape index (κ2) is 4.13. The smallest absolute Gasteiger partial charge is 0.307 e. The fourth-order valence-corrected chi connectivity index (χ4v) is 1.50. The van der Waals surface area contributed by atoms with Gasteiger partial charge in [0.15, 0.2) is 0 Å². The van der Waals surface area contributed by atoms with Crippen LogP contribution in [0.1, 0.15) is 16.7 Å². The molecule has 3 nitrogen and oxygen atoms in total. The molecule has 1 aromatic rings. The highest BCUT2D eigenvalue weighted by Gasteiger charge is 2.08. The molecule has 1 aromatic carbocycles. The van der Waals surface area contributed by atoms with Crippen LogP contribution in [0.5, 0.6) is 5.75 Å². The van der Waals surface area contributed by atoms with Crippen LogP contribution in [0.25, 0.3) is 0 Å². The van der Waals surface area contributed by atoms with E-state index in [0.717, 1.165) is 22.4 Å². The molecule has 0 heterocycles. The average Bonchev–Trinajstić information content (AvgIpc) is 2.10. The van der Waals surface area contributed by atoms with Crippen LogP contribution < -0.4 is 4.74 Å². The molecule has 76 valence electrons. The number of hydrogen-bond donors (Lipinski definition) is 1. The van der Waals surface area contributed by atoms with Crippen molar-refractivity contribution in [1.29, 1.82) is 0 Å². The van der Waals surface area contributed by atoms with E-state index >= 15 is 0 Å². The van der Waals surface area contributed by atoms with E-state index in [0.29, 0.717) is 0 Å². The third-order valence-corrected chi connectivity index (χ3v) is 2.23. The lowest BCUT2D eigenvalue weighted by Crippen LogP contribution is -2.04. The van der Waals surface area contributed by atoms with Crippen molar-refractivity contribution in [3.63, 3.8) is 0 Å². The number of carboxylic acid groups (broad SMARTS) is 1. The Hall–Kier alpha value is -1.51. The normalized spacial score (nSPS) is 9.93. The van der Waals surface area contributed by atoms with Gasteiger partial charge in [-0.1, -0.05) is 0 Å². The summed E-state index contributed by atoms with van der Waals surface area (Å²) in [6, 6.07) is 3.70. The Morgan fingerprint density at radius 2 is 1.86 bits per heavy atom. The second-order valence-electron chi connectivity index (χ2n) is 3.31. The molecule has 1 rings (SSSR count). The predicted octanol–water partition coefficient (Wildman–Crippen LogP) is 1.94. The highest BCUT2D eigenvalue weighted by atomic mass is 16.5. The van der Waals surface area contributed by atoms with E-state index in [4.69, 9.17) is 9.84 Å². The van der Waals surface area contributed by atoms with Gasteiger partial charge in [-0.15, -0.1) is 0 Å². The number of carbonyl (C=O) groups is 1. The highest BCUT2D eigenvalue weighted by molar-refractivity contribution is 5.71. The lowest BCUT2D eigenvalue weighted by atomic mass is 10.00. The van der Waals surface area contributed by atoms with Crippen molar-refractivity contribution >= 4 is 5.97 Å². The summed E-state index contributed by atoms with van der Waals surface area (Å²) in [7, 11) is 1.60. The van der Waals surface area contributed by atoms with Crippen molar-refractivity contribution in [3.05, 3.63) is 28.8 Å². The summed E-state index contributed by atoms with van der Waals surface area (Å²) >= 11 is 0. The molecule has 0 aliphatic heterocycles. The molecule has 14 heavy (non-hydrogen) atoms. The minimum atomic E-state index is -0.804. The van der Waals surface area contributed by atoms with Gasteiger partial charge in [-0.3, -0.25) is 4.79 Å². The first-order valence-electron chi connectivity index (χ1n) is 4.40. The topological polar surface area (TPSA) is 46.5 Å². The summed E-state index contributed by atoms with van der Waals surface area (Å²) in [4.78, 5) is 10.6. The van der Waals surface area contributed by atoms with Gasteiger partial charge in [0.1, 0.15) is 5.75 Å². The summed E-state index contributed by atoms with van der Waals surface area (Å²) in [6.45, 7) is 3.79. The summed E-state index contributed by atoms with van der Waals surface area (Å²) in [5, 5.41) is 8.71. The van der Waals surface area contributed by atoms with Crippen LogP contribution in [0, 0.1) is 13.8 Å². The molecule has 0 fully saturated rings. The molecule has 1 N–H and O–H groups in total. The number of benzene rings is 1. The molecule has 0 aliphatic carbocycles. The van der Waals surface area contributed by atoms with Crippen LogP contribution >= 0.6 is 0 Å². The molecule has 0 radical (unpaired) electrons. The molecule has 0 aromatic heterocycles. The lowest BCUT2D eigenvalue weighted by Gasteiger charge is -2.10. The van der Waals surface area contributed by atoms with Gasteiger partial charge in [-0.2, -0.15) is 0 Å². The molecule has 3 heteroatoms. The van der Waals surface area contributed by atoms with Gasteiger partial charge in [0.05, 0.1) is 13.5 Å². The summed E-state index contributed by atoms with van der Waals surface area (Å²) in [5.41, 5.74) is 2.80. The minimum Gasteiger partial charge on any atom is -0.497 e. The van der Waals surface area contributed by atoms with Gasteiger partial charge >= 0.3 is 5.97 Å². The molecule has 0 saturated carbocycles. The summed E-state index contributed by atoms with van der Waals surface area (Å²) in [6.07, 6.45) is 0.0711. The maximum Gasteiger partial charge on any atom is 0.307 e. The van der Waals surface area contributed by atoms with E-state index in [1.165, 1.54) is 0 Å². The molecular weight excluding hydrogens is 180 g/mol. The number of aliphatic carboxylic acids is 1. The molecule has 0 unspecified atom stereocenters. The SMILES string of the molecule is COc1cc(C)c(CC(=O)O)c(C)c1. The Balaban J connectivity index is 3.11. The fraction of sp³-hybridized carbons (Fsp3) is 0.364. The molecule has 0 aliphatic rings. The Morgan fingerprint density at radius 1 is 1.36 bits per heavy atom. The van der Waals surface area contributed by atoms with Crippen LogP contribution in [0.4, 0.5) is 0 Å². The Kier molecular flexibility index (Phi) is 3.12. The van der Waals surface area contributed by atoms with E-state index in [1.807, 2.05) is 26.0 Å². The standard InChI is InChI=1S/C11H14O3/c1-7-4-9(14-3)5-8(2)10(7)6-11(12)13/h4-5H,6H2,1-3H3,(H,12,13). The van der Waals surface area contributed by atoms with Crippen LogP contribution in [-0.2, 0) is 11.2 Å². The van der Waals surface area contributed by atoms with E-state index < -0.39 is 5.97 Å². The number of rotatable bonds is 3. The van der Waals surface area contributed by atoms with E-state index in [-0.39, 0.29) is 6.42 Å². The zero-order valence-corrected chi connectivity index (χ0v) is 8.63. The second-order valence-corrected chi connectivity index (χ2v) is 3.31. The van der Waals surface area contributed by atoms with Gasteiger partial charge in [-0.05, 0) is 42.7 Å². The van der Waals surface area contributed by atoms with Crippen LogP contribution in [0.2, 0.25) is 0 Å². The van der Waals surface area contributed by atoms with Gasteiger partial charge in [-0.25, -0.2) is 0 Å². The average molecular weight is 194 g/mol. The van der Waals surface area contributed by atoms with E-state index in [2.05, 4.69) is 0 Å². The Labute approximate surface area is 83.3 Å². The zero-order valence-electron chi connectivity index (χ0n) is 8.63. The summed E-state index contributed by atoms with van der Waals surface area (Å²) in [5.74, 6) is -0.0319. The monoisotopic (exact) mass is 194 g/mol. The first kappa shape index (κ1) is 10.6. The third kappa shape index (κ3) is 2.25. The first-order chi connectivity index (χ1) is 6.54. The number of methoxy groups -OCH3 is 1. The molecule has 0 amide bonds. The predicted molar refractivity (Wildman–Crippen MR) is 53.8 cm³/mol. The highest BCUT2D eigenvalue weighted by Crippen LogP contribution is 2.21. The van der Waals surface area contributed by atoms with Crippen LogP contribution in [-0.4, -0.2) is 18.2 Å². The molecular formula is C11H14O3. The van der Waals surface area contributed by atoms with Crippen molar-refractivity contribution in [2.24, 2.45) is 0 Å². The van der Waals surface area contributed by atoms with Crippen molar-refractivity contribution < 1.29 is 14.6 Å². The van der Waals surface area contributed by atoms with Crippen LogP contribution in [0.3, 0.4) is 0 Å². The fourth-order valence-electron chi connectivity index (χ4n) is 1.50. The Morgan fingerprint density at radius 3 is 2.21 bits per heavy atom.